The number of sulfonamides is 1. The first-order valence-electron chi connectivity index (χ1n) is 8.32. The quantitative estimate of drug-likeness (QED) is 0.153. The van der Waals surface area contributed by atoms with Gasteiger partial charge in [0.05, 0.1) is 16.1 Å². The van der Waals surface area contributed by atoms with Crippen LogP contribution in [0.4, 0.5) is 15.1 Å². The van der Waals surface area contributed by atoms with Crippen molar-refractivity contribution in [3.05, 3.63) is 35.2 Å². The summed E-state index contributed by atoms with van der Waals surface area (Å²) in [6.45, 7) is 0.213. The highest BCUT2D eigenvalue weighted by Crippen LogP contribution is 2.30. The summed E-state index contributed by atoms with van der Waals surface area (Å²) in [5, 5.41) is 23.3. The van der Waals surface area contributed by atoms with Crippen LogP contribution in [0.3, 0.4) is 0 Å². The Balaban J connectivity index is 2.16. The van der Waals surface area contributed by atoms with Crippen LogP contribution in [0.5, 0.6) is 0 Å². The molecule has 8 N–H and O–H groups in total. The van der Waals surface area contributed by atoms with Crippen molar-refractivity contribution in [3.8, 4) is 0 Å². The number of thiazole rings is 1. The second-order valence-corrected chi connectivity index (χ2v) is 8.27. The van der Waals surface area contributed by atoms with Crippen LogP contribution in [0.1, 0.15) is 10.5 Å². The number of nitrogens with two attached hydrogens (primary N) is 2. The first-order chi connectivity index (χ1) is 14.6. The number of halogens is 1. The first kappa shape index (κ1) is 23.9. The SMILES string of the molecule is NCCNC(N)=NCC(=O)Nc1ccc(S(=O)(=O)N(O)c2scnc2C(=O)O)cc1F. The monoisotopic (exact) mass is 475 g/mol. The van der Waals surface area contributed by atoms with Gasteiger partial charge in [-0.3, -0.25) is 10.0 Å². The van der Waals surface area contributed by atoms with E-state index in [0.717, 1.165) is 17.6 Å². The molecule has 1 aromatic carbocycles. The number of aliphatic imine (C=N–C) groups is 1. The van der Waals surface area contributed by atoms with Crippen LogP contribution >= 0.6 is 11.3 Å². The van der Waals surface area contributed by atoms with Crippen LogP contribution in [0.2, 0.25) is 0 Å². The Bertz CT molecular complexity index is 1110. The lowest BCUT2D eigenvalue weighted by atomic mass is 10.3. The summed E-state index contributed by atoms with van der Waals surface area (Å²) >= 11 is 0.555. The van der Waals surface area contributed by atoms with Crippen molar-refractivity contribution in [2.45, 2.75) is 4.90 Å². The summed E-state index contributed by atoms with van der Waals surface area (Å²) in [7, 11) is -4.73. The number of anilines is 2. The number of nitrogens with one attached hydrogen (secondary N) is 2. The van der Waals surface area contributed by atoms with Gasteiger partial charge in [-0.05, 0) is 18.2 Å². The third-order valence-electron chi connectivity index (χ3n) is 3.51. The van der Waals surface area contributed by atoms with E-state index < -0.39 is 49.9 Å². The van der Waals surface area contributed by atoms with Crippen LogP contribution in [0.15, 0.2) is 33.6 Å². The van der Waals surface area contributed by atoms with E-state index in [1.165, 1.54) is 0 Å². The Morgan fingerprint density at radius 2 is 2.06 bits per heavy atom. The maximum Gasteiger partial charge on any atom is 0.357 e. The number of aromatic carboxylic acids is 1. The Morgan fingerprint density at radius 1 is 1.35 bits per heavy atom. The number of carboxylic acids is 1. The number of hydrogen-bond acceptors (Lipinski definition) is 9. The van der Waals surface area contributed by atoms with E-state index in [-0.39, 0.29) is 16.1 Å². The van der Waals surface area contributed by atoms with Gasteiger partial charge in [0, 0.05) is 13.1 Å². The average molecular weight is 475 g/mol. The molecule has 1 heterocycles. The molecule has 0 spiro atoms. The molecule has 13 nitrogen and oxygen atoms in total. The molecule has 0 aliphatic heterocycles. The fourth-order valence-corrected chi connectivity index (χ4v) is 4.11. The molecule has 0 aliphatic carbocycles. The minimum absolute atomic E-state index is 0.0330. The van der Waals surface area contributed by atoms with Gasteiger partial charge >= 0.3 is 5.97 Å². The molecule has 2 aromatic rings. The third-order valence-corrected chi connectivity index (χ3v) is 5.91. The highest BCUT2D eigenvalue weighted by atomic mass is 32.2. The summed E-state index contributed by atoms with van der Waals surface area (Å²) in [6.07, 6.45) is 0. The van der Waals surface area contributed by atoms with Crippen molar-refractivity contribution in [2.75, 3.05) is 29.4 Å². The second kappa shape index (κ2) is 10.1. The summed E-state index contributed by atoms with van der Waals surface area (Å²) in [4.78, 5) is 29.4. The van der Waals surface area contributed by atoms with E-state index in [1.54, 1.807) is 0 Å². The van der Waals surface area contributed by atoms with Crippen LogP contribution in [-0.4, -0.2) is 61.2 Å². The smallest absolute Gasteiger partial charge is 0.357 e. The van der Waals surface area contributed by atoms with E-state index in [2.05, 4.69) is 20.6 Å². The van der Waals surface area contributed by atoms with E-state index >= 15 is 0 Å². The molecule has 0 unspecified atom stereocenters. The van der Waals surface area contributed by atoms with E-state index in [4.69, 9.17) is 16.6 Å². The highest BCUT2D eigenvalue weighted by Gasteiger charge is 2.30. The molecule has 0 saturated heterocycles. The number of aromatic nitrogens is 1. The molecule has 0 saturated carbocycles. The molecule has 0 bridgehead atoms. The fraction of sp³-hybridized carbons (Fsp3) is 0.200. The number of nitrogens with zero attached hydrogens (tertiary/aromatic N) is 3. The number of carboxylic acid groups (broad SMARTS) is 1. The van der Waals surface area contributed by atoms with E-state index in [0.29, 0.717) is 30.5 Å². The van der Waals surface area contributed by atoms with Gasteiger partial charge in [-0.1, -0.05) is 0 Å². The highest BCUT2D eigenvalue weighted by molar-refractivity contribution is 7.92. The maximum atomic E-state index is 14.3. The van der Waals surface area contributed by atoms with Gasteiger partial charge in [-0.15, -0.1) is 15.8 Å². The van der Waals surface area contributed by atoms with E-state index in [9.17, 15) is 27.6 Å². The summed E-state index contributed by atoms with van der Waals surface area (Å²) in [5.74, 6) is -3.44. The number of benzene rings is 1. The van der Waals surface area contributed by atoms with Gasteiger partial charge in [-0.2, -0.15) is 8.42 Å². The predicted molar refractivity (Wildman–Crippen MR) is 109 cm³/mol. The zero-order valence-corrected chi connectivity index (χ0v) is 17.3. The van der Waals surface area contributed by atoms with Gasteiger partial charge in [-0.25, -0.2) is 19.2 Å². The van der Waals surface area contributed by atoms with Crippen LogP contribution < -0.4 is 26.6 Å². The van der Waals surface area contributed by atoms with Gasteiger partial charge in [0.15, 0.2) is 16.7 Å². The van der Waals surface area contributed by atoms with Gasteiger partial charge in [0.2, 0.25) is 5.91 Å². The lowest BCUT2D eigenvalue weighted by Crippen LogP contribution is -2.36. The molecule has 0 radical (unpaired) electrons. The van der Waals surface area contributed by atoms with Crippen molar-refractivity contribution in [2.24, 2.45) is 16.5 Å². The van der Waals surface area contributed by atoms with Crippen LogP contribution in [0, 0.1) is 5.82 Å². The van der Waals surface area contributed by atoms with Crippen LogP contribution in [0.25, 0.3) is 0 Å². The number of carbonyl (C=O) groups is 2. The molecular weight excluding hydrogens is 457 g/mol. The van der Waals surface area contributed by atoms with Crippen molar-refractivity contribution in [1.29, 1.82) is 0 Å². The summed E-state index contributed by atoms with van der Waals surface area (Å²) in [5.41, 5.74) is 10.8. The number of hydrogen-bond donors (Lipinski definition) is 6. The number of rotatable bonds is 9. The second-order valence-electron chi connectivity index (χ2n) is 5.67. The number of carbonyl (C=O) groups excluding carboxylic acids is 1. The maximum absolute atomic E-state index is 14.3. The number of amides is 1. The number of guanidine groups is 1. The van der Waals surface area contributed by atoms with Gasteiger partial charge in [0.25, 0.3) is 10.0 Å². The minimum Gasteiger partial charge on any atom is -0.476 e. The third kappa shape index (κ3) is 5.85. The van der Waals surface area contributed by atoms with Gasteiger partial charge in [0.1, 0.15) is 12.4 Å². The Labute approximate surface area is 179 Å². The first-order valence-corrected chi connectivity index (χ1v) is 10.6. The van der Waals surface area contributed by atoms with Crippen molar-refractivity contribution >= 4 is 49.9 Å². The van der Waals surface area contributed by atoms with Crippen LogP contribution in [-0.2, 0) is 14.8 Å². The molecule has 0 fully saturated rings. The summed E-state index contributed by atoms with van der Waals surface area (Å²) < 4.78 is 39.1. The largest absolute Gasteiger partial charge is 0.476 e. The fourth-order valence-electron chi connectivity index (χ4n) is 2.09. The zero-order valence-electron chi connectivity index (χ0n) is 15.6. The topological polar surface area (TPSA) is 213 Å². The molecule has 0 aliphatic rings. The Morgan fingerprint density at radius 3 is 2.68 bits per heavy atom. The molecular formula is C15H18FN7O6S2. The molecule has 16 heteroatoms. The normalized spacial score (nSPS) is 11.8. The lowest BCUT2D eigenvalue weighted by molar-refractivity contribution is -0.114. The van der Waals surface area contributed by atoms with E-state index in [1.807, 2.05) is 0 Å². The standard InChI is InChI=1S/C15H18FN7O6S2/c16-9-5-8(31(28,29)23(27)13-12(14(25)26)21-7-30-13)1-2-10(9)22-11(24)6-20-15(18)19-4-3-17/h1-2,5,7,27H,3-4,6,17H2,(H,22,24)(H,25,26)(H3,18,19,20). The average Bonchev–Trinajstić information content (AvgIpc) is 3.21. The Hall–Kier alpha value is -3.34. The lowest BCUT2D eigenvalue weighted by Gasteiger charge is -2.16. The molecule has 2 rings (SSSR count). The zero-order chi connectivity index (χ0) is 23.2. The van der Waals surface area contributed by atoms with Crippen molar-refractivity contribution < 1.29 is 32.7 Å². The van der Waals surface area contributed by atoms with Crippen molar-refractivity contribution in [1.82, 2.24) is 10.3 Å². The molecule has 0 atom stereocenters. The predicted octanol–water partition coefficient (Wildman–Crippen LogP) is -0.634. The summed E-state index contributed by atoms with van der Waals surface area (Å²) in [6, 6.07) is 2.42. The molecule has 168 valence electrons. The Kier molecular flexibility index (Phi) is 7.81. The minimum atomic E-state index is -4.73. The molecule has 1 amide bonds. The molecule has 1 aromatic heterocycles. The van der Waals surface area contributed by atoms with Gasteiger partial charge < -0.3 is 27.2 Å². The molecule has 31 heavy (non-hydrogen) atoms. The van der Waals surface area contributed by atoms with Crippen molar-refractivity contribution in [3.63, 3.8) is 0 Å².